The molecular weight excluding hydrogens is 455 g/mol. The minimum Gasteiger partial charge on any atom is -0.519 e. The van der Waals surface area contributed by atoms with Gasteiger partial charge in [0.1, 0.15) is 35.8 Å². The van der Waals surface area contributed by atoms with Gasteiger partial charge in [0, 0.05) is 30.8 Å². The second kappa shape index (κ2) is 10.0. The zero-order valence-electron chi connectivity index (χ0n) is 20.5. The van der Waals surface area contributed by atoms with Crippen LogP contribution in [0.25, 0.3) is 16.0 Å². The highest BCUT2D eigenvalue weighted by molar-refractivity contribution is 5.96. The average Bonchev–Trinajstić information content (AvgIpc) is 2.86. The van der Waals surface area contributed by atoms with E-state index in [1.54, 1.807) is 24.3 Å². The van der Waals surface area contributed by atoms with Crippen LogP contribution in [0.3, 0.4) is 0 Å². The fraction of sp³-hybridized carbons (Fsp3) is 0.300. The third kappa shape index (κ3) is 4.67. The number of phenols is 1. The lowest BCUT2D eigenvalue weighted by atomic mass is 9.86. The summed E-state index contributed by atoms with van der Waals surface area (Å²) >= 11 is 0. The van der Waals surface area contributed by atoms with E-state index in [1.807, 2.05) is 31.2 Å². The highest BCUT2D eigenvalue weighted by Crippen LogP contribution is 2.49. The topological polar surface area (TPSA) is 46.3 Å². The zero-order chi connectivity index (χ0) is 25.2. The van der Waals surface area contributed by atoms with Crippen LogP contribution < -0.4 is 9.47 Å². The Balaban J connectivity index is 1.41. The van der Waals surface area contributed by atoms with Crippen molar-refractivity contribution >= 4 is 16.8 Å². The summed E-state index contributed by atoms with van der Waals surface area (Å²) in [6.07, 6.45) is 0.771. The smallest absolute Gasteiger partial charge is 0.231 e. The van der Waals surface area contributed by atoms with Crippen LogP contribution in [-0.4, -0.2) is 36.2 Å². The van der Waals surface area contributed by atoms with Crippen molar-refractivity contribution in [2.24, 2.45) is 5.92 Å². The lowest BCUT2D eigenvalue weighted by Gasteiger charge is -2.38. The van der Waals surface area contributed by atoms with Crippen LogP contribution in [0.4, 0.5) is 10.1 Å². The van der Waals surface area contributed by atoms with E-state index in [1.165, 1.54) is 18.6 Å². The van der Waals surface area contributed by atoms with Crippen molar-refractivity contribution in [3.63, 3.8) is 0 Å². The van der Waals surface area contributed by atoms with Gasteiger partial charge in [-0.3, -0.25) is 4.90 Å². The molecule has 2 aliphatic rings. The fourth-order valence-corrected chi connectivity index (χ4v) is 4.95. The predicted octanol–water partition coefficient (Wildman–Crippen LogP) is 6.87. The second-order valence-corrected chi connectivity index (χ2v) is 9.44. The molecule has 1 atom stereocenters. The highest BCUT2D eigenvalue weighted by Gasteiger charge is 2.30. The van der Waals surface area contributed by atoms with Gasteiger partial charge in [-0.1, -0.05) is 37.6 Å². The second-order valence-electron chi connectivity index (χ2n) is 9.44. The Morgan fingerprint density at radius 1 is 1.11 bits per heavy atom. The van der Waals surface area contributed by atoms with Crippen molar-refractivity contribution in [3.8, 4) is 17.2 Å². The highest BCUT2D eigenvalue weighted by atomic mass is 19.1. The summed E-state index contributed by atoms with van der Waals surface area (Å²) in [7, 11) is 0. The summed E-state index contributed by atoms with van der Waals surface area (Å²) in [6.45, 7) is 15.4. The molecule has 0 aliphatic carbocycles. The first-order chi connectivity index (χ1) is 17.5. The summed E-state index contributed by atoms with van der Waals surface area (Å²) in [5.74, 6) is 1.76. The number of fused-ring (bicyclic) bond motifs is 1. The number of rotatable bonds is 7. The molecule has 0 saturated carbocycles. The Kier molecular flexibility index (Phi) is 6.67. The maximum absolute atomic E-state index is 13.7. The first kappa shape index (κ1) is 23.9. The van der Waals surface area contributed by atoms with Crippen molar-refractivity contribution in [1.29, 1.82) is 0 Å². The van der Waals surface area contributed by atoms with Gasteiger partial charge in [0.05, 0.1) is 6.57 Å². The number of halogens is 1. The van der Waals surface area contributed by atoms with Crippen LogP contribution in [0, 0.1) is 18.3 Å². The monoisotopic (exact) mass is 484 g/mol. The van der Waals surface area contributed by atoms with Crippen molar-refractivity contribution < 1.29 is 19.0 Å². The van der Waals surface area contributed by atoms with Crippen molar-refractivity contribution in [3.05, 3.63) is 94.6 Å². The molecule has 0 bridgehead atoms. The molecule has 184 valence electrons. The number of phenolic OH excluding ortho intramolecular Hbond substituents is 1. The molecule has 5 rings (SSSR count). The molecular formula is C30H29FN2O3. The van der Waals surface area contributed by atoms with E-state index >= 15 is 0 Å². The molecule has 3 aromatic rings. The van der Waals surface area contributed by atoms with Gasteiger partial charge < -0.3 is 14.6 Å². The van der Waals surface area contributed by atoms with Gasteiger partial charge in [-0.2, -0.15) is 0 Å². The Bertz CT molecular complexity index is 1320. The first-order valence-corrected chi connectivity index (χ1v) is 12.3. The van der Waals surface area contributed by atoms with Crippen molar-refractivity contribution in [2.45, 2.75) is 26.4 Å². The molecule has 36 heavy (non-hydrogen) atoms. The van der Waals surface area contributed by atoms with Crippen LogP contribution in [0.5, 0.6) is 17.2 Å². The Hall–Kier alpha value is -3.82. The quantitative estimate of drug-likeness (QED) is 0.372. The van der Waals surface area contributed by atoms with E-state index in [0.29, 0.717) is 17.9 Å². The van der Waals surface area contributed by atoms with Gasteiger partial charge >= 0.3 is 0 Å². The molecule has 0 spiro atoms. The van der Waals surface area contributed by atoms with E-state index < -0.39 is 6.10 Å². The summed E-state index contributed by atoms with van der Waals surface area (Å²) in [5, 5.41) is 10.3. The number of hydrogen-bond acceptors (Lipinski definition) is 4. The average molecular weight is 485 g/mol. The van der Waals surface area contributed by atoms with Crippen LogP contribution in [0.2, 0.25) is 0 Å². The standard InChI is InChI=1S/C30H29FN2O3/c1-4-20-17-33(18-20)13-14-35-24-11-7-22(8-12-24)30-29(21-5-9-23(31)10-6-21)19(2)25-15-27(34)26(32-3)16-28(25)36-30/h5-12,15-16,20,30,34H,4,13-14,17-18H2,1-2H3/t30-/m0/s1. The Morgan fingerprint density at radius 2 is 1.83 bits per heavy atom. The molecule has 0 aromatic heterocycles. The minimum absolute atomic E-state index is 0.0893. The summed E-state index contributed by atoms with van der Waals surface area (Å²) in [5.41, 5.74) is 4.39. The predicted molar refractivity (Wildman–Crippen MR) is 139 cm³/mol. The number of hydrogen-bond donors (Lipinski definition) is 1. The molecule has 2 aliphatic heterocycles. The van der Waals surface area contributed by atoms with E-state index in [0.717, 1.165) is 53.6 Å². The Morgan fingerprint density at radius 3 is 2.50 bits per heavy atom. The van der Waals surface area contributed by atoms with Crippen LogP contribution >= 0.6 is 0 Å². The molecule has 0 unspecified atom stereocenters. The van der Waals surface area contributed by atoms with Crippen LogP contribution in [0.15, 0.2) is 60.7 Å². The molecule has 1 saturated heterocycles. The Labute approximate surface area is 211 Å². The number of ether oxygens (including phenoxy) is 2. The maximum Gasteiger partial charge on any atom is 0.231 e. The summed E-state index contributed by atoms with van der Waals surface area (Å²) in [6, 6.07) is 17.3. The fourth-order valence-electron chi connectivity index (χ4n) is 4.95. The number of allylic oxidation sites excluding steroid dienone is 1. The molecule has 2 heterocycles. The SMILES string of the molecule is [C-]#[N+]c1cc2c(cc1O)C(C)=C(c1ccc(F)cc1)[C@H](c1ccc(OCCN3CC(CC)C3)cc1)O2. The van der Waals surface area contributed by atoms with E-state index in [2.05, 4.69) is 16.7 Å². The van der Waals surface area contributed by atoms with Crippen LogP contribution in [-0.2, 0) is 0 Å². The van der Waals surface area contributed by atoms with Gasteiger partial charge in [0.15, 0.2) is 0 Å². The van der Waals surface area contributed by atoms with E-state index in [4.69, 9.17) is 16.0 Å². The summed E-state index contributed by atoms with van der Waals surface area (Å²) < 4.78 is 26.1. The molecule has 1 N–H and O–H groups in total. The van der Waals surface area contributed by atoms with Crippen LogP contribution in [0.1, 0.15) is 43.1 Å². The number of nitrogens with zero attached hydrogens (tertiary/aromatic N) is 2. The van der Waals surface area contributed by atoms with Gasteiger partial charge in [0.2, 0.25) is 5.69 Å². The number of likely N-dealkylation sites (tertiary alicyclic amines) is 1. The minimum atomic E-state index is -0.466. The lowest BCUT2D eigenvalue weighted by Crippen LogP contribution is -2.47. The number of aromatic hydroxyl groups is 1. The lowest BCUT2D eigenvalue weighted by molar-refractivity contribution is 0.0806. The van der Waals surface area contributed by atoms with Crippen molar-refractivity contribution in [1.82, 2.24) is 4.90 Å². The van der Waals surface area contributed by atoms with Gasteiger partial charge in [-0.05, 0) is 65.9 Å². The normalized spacial score (nSPS) is 17.7. The third-order valence-electron chi connectivity index (χ3n) is 7.14. The number of benzene rings is 3. The van der Waals surface area contributed by atoms with Gasteiger partial charge in [0.25, 0.3) is 0 Å². The molecule has 0 radical (unpaired) electrons. The largest absolute Gasteiger partial charge is 0.519 e. The maximum atomic E-state index is 13.7. The van der Waals surface area contributed by atoms with Gasteiger partial charge in [-0.25, -0.2) is 9.24 Å². The first-order valence-electron chi connectivity index (χ1n) is 12.3. The molecule has 1 fully saturated rings. The van der Waals surface area contributed by atoms with E-state index in [9.17, 15) is 9.50 Å². The van der Waals surface area contributed by atoms with Gasteiger partial charge in [-0.15, -0.1) is 0 Å². The van der Waals surface area contributed by atoms with Crippen molar-refractivity contribution in [2.75, 3.05) is 26.2 Å². The molecule has 3 aromatic carbocycles. The third-order valence-corrected chi connectivity index (χ3v) is 7.14. The zero-order valence-corrected chi connectivity index (χ0v) is 20.5. The molecule has 6 heteroatoms. The van der Waals surface area contributed by atoms with E-state index in [-0.39, 0.29) is 17.3 Å². The summed E-state index contributed by atoms with van der Waals surface area (Å²) in [4.78, 5) is 5.81. The molecule has 0 amide bonds. The molecule has 5 nitrogen and oxygen atoms in total.